The van der Waals surface area contributed by atoms with E-state index in [1.54, 1.807) is 0 Å². The van der Waals surface area contributed by atoms with Crippen molar-refractivity contribution in [3.8, 4) is 5.75 Å². The molecule has 0 atom stereocenters. The predicted molar refractivity (Wildman–Crippen MR) is 85.8 cm³/mol. The first-order valence-corrected chi connectivity index (χ1v) is 7.31. The molecular weight excluding hydrogens is 270 g/mol. The zero-order valence-electron chi connectivity index (χ0n) is 11.7. The van der Waals surface area contributed by atoms with E-state index >= 15 is 0 Å². The minimum absolute atomic E-state index is 0.755. The number of aryl methyl sites for hydroxylation is 1. The summed E-state index contributed by atoms with van der Waals surface area (Å²) in [6.45, 7) is 3.76. The Morgan fingerprint density at radius 2 is 1.85 bits per heavy atom. The van der Waals surface area contributed by atoms with Crippen LogP contribution in [0.15, 0.2) is 48.5 Å². The van der Waals surface area contributed by atoms with Gasteiger partial charge in [-0.1, -0.05) is 29.8 Å². The highest BCUT2D eigenvalue weighted by Gasteiger charge is 1.98. The van der Waals surface area contributed by atoms with Gasteiger partial charge in [0.1, 0.15) is 5.75 Å². The van der Waals surface area contributed by atoms with Gasteiger partial charge in [-0.3, -0.25) is 0 Å². The van der Waals surface area contributed by atoms with E-state index in [0.29, 0.717) is 0 Å². The SMILES string of the molecule is Cc1cc(Cl)ccc1NCCCCOc1ccccc1. The number of nitrogens with one attached hydrogen (secondary N) is 1. The third kappa shape index (κ3) is 4.78. The molecule has 0 saturated carbocycles. The largest absolute Gasteiger partial charge is 0.494 e. The molecule has 0 aliphatic rings. The summed E-state index contributed by atoms with van der Waals surface area (Å²) in [5, 5.41) is 4.21. The summed E-state index contributed by atoms with van der Waals surface area (Å²) in [6.07, 6.45) is 2.11. The molecular formula is C17H20ClNO. The summed E-state index contributed by atoms with van der Waals surface area (Å²) >= 11 is 5.93. The minimum atomic E-state index is 0.755. The summed E-state index contributed by atoms with van der Waals surface area (Å²) in [5.41, 5.74) is 2.33. The van der Waals surface area contributed by atoms with Gasteiger partial charge >= 0.3 is 0 Å². The van der Waals surface area contributed by atoms with Crippen molar-refractivity contribution < 1.29 is 4.74 Å². The van der Waals surface area contributed by atoms with Gasteiger partial charge in [0, 0.05) is 17.3 Å². The average molecular weight is 290 g/mol. The number of hydrogen-bond donors (Lipinski definition) is 1. The van der Waals surface area contributed by atoms with Crippen LogP contribution in [0.4, 0.5) is 5.69 Å². The standard InChI is InChI=1S/C17H20ClNO/c1-14-13-15(18)9-10-17(14)19-11-5-6-12-20-16-7-3-2-4-8-16/h2-4,7-10,13,19H,5-6,11-12H2,1H3. The number of para-hydroxylation sites is 1. The van der Waals surface area contributed by atoms with Gasteiger partial charge in [0.05, 0.1) is 6.61 Å². The fourth-order valence-corrected chi connectivity index (χ4v) is 2.21. The monoisotopic (exact) mass is 289 g/mol. The molecule has 2 nitrogen and oxygen atoms in total. The van der Waals surface area contributed by atoms with Crippen LogP contribution in [0, 0.1) is 6.92 Å². The highest BCUT2D eigenvalue weighted by molar-refractivity contribution is 6.30. The maximum atomic E-state index is 5.93. The number of benzene rings is 2. The van der Waals surface area contributed by atoms with Crippen LogP contribution < -0.4 is 10.1 Å². The second kappa shape index (κ2) is 7.81. The van der Waals surface area contributed by atoms with Gasteiger partial charge in [-0.15, -0.1) is 0 Å². The Labute approximate surface area is 125 Å². The normalized spacial score (nSPS) is 10.3. The predicted octanol–water partition coefficient (Wildman–Crippen LogP) is 4.92. The topological polar surface area (TPSA) is 21.3 Å². The molecule has 0 saturated heterocycles. The summed E-state index contributed by atoms with van der Waals surface area (Å²) in [7, 11) is 0. The van der Waals surface area contributed by atoms with Crippen LogP contribution in [-0.2, 0) is 0 Å². The quantitative estimate of drug-likeness (QED) is 0.731. The molecule has 0 aliphatic carbocycles. The molecule has 0 spiro atoms. The maximum absolute atomic E-state index is 5.93. The van der Waals surface area contributed by atoms with Crippen LogP contribution in [0.1, 0.15) is 18.4 Å². The number of unbranched alkanes of at least 4 members (excludes halogenated alkanes) is 1. The van der Waals surface area contributed by atoms with Crippen molar-refractivity contribution in [1.82, 2.24) is 0 Å². The first-order valence-electron chi connectivity index (χ1n) is 6.93. The van der Waals surface area contributed by atoms with Crippen molar-refractivity contribution in [2.24, 2.45) is 0 Å². The van der Waals surface area contributed by atoms with Crippen molar-refractivity contribution in [2.45, 2.75) is 19.8 Å². The summed E-state index contributed by atoms with van der Waals surface area (Å²) in [6, 6.07) is 15.8. The first-order chi connectivity index (χ1) is 9.75. The fraction of sp³-hybridized carbons (Fsp3) is 0.294. The van der Waals surface area contributed by atoms with Crippen molar-refractivity contribution in [2.75, 3.05) is 18.5 Å². The average Bonchev–Trinajstić information content (AvgIpc) is 2.46. The van der Waals surface area contributed by atoms with E-state index in [-0.39, 0.29) is 0 Å². The third-order valence-corrected chi connectivity index (χ3v) is 3.32. The minimum Gasteiger partial charge on any atom is -0.494 e. The van der Waals surface area contributed by atoms with Crippen molar-refractivity contribution in [1.29, 1.82) is 0 Å². The molecule has 2 rings (SSSR count). The Bertz CT molecular complexity index is 528. The Kier molecular flexibility index (Phi) is 5.75. The van der Waals surface area contributed by atoms with Crippen LogP contribution in [0.2, 0.25) is 5.02 Å². The van der Waals surface area contributed by atoms with Crippen molar-refractivity contribution in [3.05, 3.63) is 59.1 Å². The van der Waals surface area contributed by atoms with Gasteiger partial charge in [0.25, 0.3) is 0 Å². The molecule has 0 unspecified atom stereocenters. The molecule has 0 amide bonds. The molecule has 2 aromatic rings. The molecule has 20 heavy (non-hydrogen) atoms. The molecule has 0 heterocycles. The number of halogens is 1. The molecule has 0 fully saturated rings. The van der Waals surface area contributed by atoms with Crippen LogP contribution in [-0.4, -0.2) is 13.2 Å². The summed E-state index contributed by atoms with van der Waals surface area (Å²) < 4.78 is 5.65. The van der Waals surface area contributed by atoms with Gasteiger partial charge < -0.3 is 10.1 Å². The Balaban J connectivity index is 1.62. The lowest BCUT2D eigenvalue weighted by atomic mass is 10.2. The van der Waals surface area contributed by atoms with Crippen LogP contribution in [0.5, 0.6) is 5.75 Å². The lowest BCUT2D eigenvalue weighted by molar-refractivity contribution is 0.308. The van der Waals surface area contributed by atoms with Crippen molar-refractivity contribution >= 4 is 17.3 Å². The molecule has 2 aromatic carbocycles. The highest BCUT2D eigenvalue weighted by atomic mass is 35.5. The second-order valence-electron chi connectivity index (χ2n) is 4.75. The van der Waals surface area contributed by atoms with Gasteiger partial charge in [0.15, 0.2) is 0 Å². The van der Waals surface area contributed by atoms with E-state index in [1.165, 1.54) is 5.56 Å². The lowest BCUT2D eigenvalue weighted by Crippen LogP contribution is -2.05. The number of ether oxygens (including phenoxy) is 1. The first kappa shape index (κ1) is 14.7. The second-order valence-corrected chi connectivity index (χ2v) is 5.19. The van der Waals surface area contributed by atoms with Crippen LogP contribution >= 0.6 is 11.6 Å². The van der Waals surface area contributed by atoms with Crippen molar-refractivity contribution in [3.63, 3.8) is 0 Å². The lowest BCUT2D eigenvalue weighted by Gasteiger charge is -2.10. The number of rotatable bonds is 7. The van der Waals surface area contributed by atoms with Gasteiger partial charge in [-0.2, -0.15) is 0 Å². The maximum Gasteiger partial charge on any atom is 0.119 e. The molecule has 1 N–H and O–H groups in total. The van der Waals surface area contributed by atoms with Crippen LogP contribution in [0.3, 0.4) is 0 Å². The summed E-state index contributed by atoms with van der Waals surface area (Å²) in [5.74, 6) is 0.939. The Hall–Kier alpha value is -1.67. The number of anilines is 1. The molecule has 106 valence electrons. The van der Waals surface area contributed by atoms with E-state index < -0.39 is 0 Å². The smallest absolute Gasteiger partial charge is 0.119 e. The number of hydrogen-bond acceptors (Lipinski definition) is 2. The Morgan fingerprint density at radius 3 is 2.60 bits per heavy atom. The van der Waals surface area contributed by atoms with Gasteiger partial charge in [-0.05, 0) is 55.7 Å². The molecule has 0 aromatic heterocycles. The van der Waals surface area contributed by atoms with Crippen LogP contribution in [0.25, 0.3) is 0 Å². The van der Waals surface area contributed by atoms with Gasteiger partial charge in [-0.25, -0.2) is 0 Å². The van der Waals surface area contributed by atoms with E-state index in [0.717, 1.165) is 42.5 Å². The molecule has 0 bridgehead atoms. The van der Waals surface area contributed by atoms with E-state index in [1.807, 2.05) is 48.5 Å². The molecule has 0 radical (unpaired) electrons. The molecule has 3 heteroatoms. The Morgan fingerprint density at radius 1 is 1.05 bits per heavy atom. The fourth-order valence-electron chi connectivity index (χ4n) is 1.98. The zero-order chi connectivity index (χ0) is 14.2. The third-order valence-electron chi connectivity index (χ3n) is 3.09. The molecule has 0 aliphatic heterocycles. The van der Waals surface area contributed by atoms with Gasteiger partial charge in [0.2, 0.25) is 0 Å². The zero-order valence-corrected chi connectivity index (χ0v) is 12.5. The summed E-state index contributed by atoms with van der Waals surface area (Å²) in [4.78, 5) is 0. The van der Waals surface area contributed by atoms with E-state index in [4.69, 9.17) is 16.3 Å². The van der Waals surface area contributed by atoms with E-state index in [9.17, 15) is 0 Å². The highest BCUT2D eigenvalue weighted by Crippen LogP contribution is 2.19. The van der Waals surface area contributed by atoms with E-state index in [2.05, 4.69) is 12.2 Å².